The highest BCUT2D eigenvalue weighted by Crippen LogP contribution is 2.28. The molecule has 0 radical (unpaired) electrons. The first-order chi connectivity index (χ1) is 9.83. The lowest BCUT2D eigenvalue weighted by Gasteiger charge is -2.27. The second kappa shape index (κ2) is 6.62. The van der Waals surface area contributed by atoms with E-state index in [-0.39, 0.29) is 0 Å². The summed E-state index contributed by atoms with van der Waals surface area (Å²) in [5.41, 5.74) is 9.32. The van der Waals surface area contributed by atoms with E-state index in [2.05, 4.69) is 18.2 Å². The predicted molar refractivity (Wildman–Crippen MR) is 83.1 cm³/mol. The third-order valence-electron chi connectivity index (χ3n) is 5.05. The normalized spacial score (nSPS) is 20.6. The molecule has 2 aliphatic carbocycles. The summed E-state index contributed by atoms with van der Waals surface area (Å²) >= 11 is 0. The molecule has 0 amide bonds. The van der Waals surface area contributed by atoms with Gasteiger partial charge in [-0.15, -0.1) is 0 Å². The Balaban J connectivity index is 1.45. The molecule has 20 heavy (non-hydrogen) atoms. The van der Waals surface area contributed by atoms with Crippen LogP contribution in [0.1, 0.15) is 56.1 Å². The van der Waals surface area contributed by atoms with Crippen LogP contribution >= 0.6 is 0 Å². The van der Waals surface area contributed by atoms with E-state index in [0.717, 1.165) is 24.7 Å². The third kappa shape index (κ3) is 3.35. The lowest BCUT2D eigenvalue weighted by molar-refractivity contribution is 0.243. The molecule has 0 spiro atoms. The number of nitrogens with two attached hydrogens (primary N) is 1. The zero-order valence-corrected chi connectivity index (χ0v) is 12.4. The van der Waals surface area contributed by atoms with Gasteiger partial charge in [0.05, 0.1) is 6.61 Å². The first-order valence-corrected chi connectivity index (χ1v) is 8.33. The van der Waals surface area contributed by atoms with Crippen LogP contribution in [0.3, 0.4) is 0 Å². The summed E-state index contributed by atoms with van der Waals surface area (Å²) < 4.78 is 5.91. The van der Waals surface area contributed by atoms with E-state index >= 15 is 0 Å². The lowest BCUT2D eigenvalue weighted by Crippen LogP contribution is -2.33. The van der Waals surface area contributed by atoms with E-state index in [1.165, 1.54) is 62.5 Å². The van der Waals surface area contributed by atoms with Crippen LogP contribution in [0.2, 0.25) is 0 Å². The maximum absolute atomic E-state index is 6.32. The minimum atomic E-state index is 0.324. The summed E-state index contributed by atoms with van der Waals surface area (Å²) in [6.07, 6.45) is 11.5. The SMILES string of the molecule is NC(CCOc1ccc2c(c1)CCC2)C1CCCCC1. The quantitative estimate of drug-likeness (QED) is 0.884. The van der Waals surface area contributed by atoms with Crippen LogP contribution in [-0.2, 0) is 12.8 Å². The van der Waals surface area contributed by atoms with Crippen LogP contribution in [0, 0.1) is 5.92 Å². The second-order valence-electron chi connectivity index (χ2n) is 6.48. The molecule has 3 rings (SSSR count). The van der Waals surface area contributed by atoms with Crippen LogP contribution in [0.25, 0.3) is 0 Å². The Kier molecular flexibility index (Phi) is 4.62. The van der Waals surface area contributed by atoms with Crippen LogP contribution in [0.5, 0.6) is 5.75 Å². The van der Waals surface area contributed by atoms with Gasteiger partial charge in [-0.05, 0) is 67.7 Å². The molecule has 110 valence electrons. The van der Waals surface area contributed by atoms with Crippen LogP contribution < -0.4 is 10.5 Å². The number of ether oxygens (including phenoxy) is 1. The van der Waals surface area contributed by atoms with Crippen molar-refractivity contribution >= 4 is 0 Å². The molecule has 2 N–H and O–H groups in total. The third-order valence-corrected chi connectivity index (χ3v) is 5.05. The minimum absolute atomic E-state index is 0.324. The van der Waals surface area contributed by atoms with Crippen molar-refractivity contribution in [3.05, 3.63) is 29.3 Å². The number of benzene rings is 1. The fourth-order valence-electron chi connectivity index (χ4n) is 3.75. The topological polar surface area (TPSA) is 35.2 Å². The van der Waals surface area contributed by atoms with Crippen molar-refractivity contribution in [3.8, 4) is 5.75 Å². The van der Waals surface area contributed by atoms with Crippen LogP contribution in [-0.4, -0.2) is 12.6 Å². The molecule has 1 fully saturated rings. The Hall–Kier alpha value is -1.02. The Morgan fingerprint density at radius 1 is 1.05 bits per heavy atom. The van der Waals surface area contributed by atoms with Crippen molar-refractivity contribution in [2.45, 2.75) is 63.8 Å². The largest absolute Gasteiger partial charge is 0.494 e. The van der Waals surface area contributed by atoms with Gasteiger partial charge in [-0.1, -0.05) is 25.3 Å². The molecule has 1 unspecified atom stereocenters. The van der Waals surface area contributed by atoms with Gasteiger partial charge in [-0.2, -0.15) is 0 Å². The molecule has 1 aromatic rings. The minimum Gasteiger partial charge on any atom is -0.494 e. The number of hydrogen-bond donors (Lipinski definition) is 1. The second-order valence-corrected chi connectivity index (χ2v) is 6.48. The van der Waals surface area contributed by atoms with Gasteiger partial charge in [0.15, 0.2) is 0 Å². The van der Waals surface area contributed by atoms with E-state index in [9.17, 15) is 0 Å². The number of hydrogen-bond acceptors (Lipinski definition) is 2. The predicted octanol–water partition coefficient (Wildman–Crippen LogP) is 3.85. The van der Waals surface area contributed by atoms with Gasteiger partial charge in [0.1, 0.15) is 5.75 Å². The molecule has 0 aliphatic heterocycles. The molecule has 1 atom stereocenters. The van der Waals surface area contributed by atoms with Gasteiger partial charge < -0.3 is 10.5 Å². The van der Waals surface area contributed by atoms with Crippen LogP contribution in [0.15, 0.2) is 18.2 Å². The molecule has 2 nitrogen and oxygen atoms in total. The summed E-state index contributed by atoms with van der Waals surface area (Å²) in [6.45, 7) is 0.760. The maximum atomic E-state index is 6.32. The zero-order valence-electron chi connectivity index (χ0n) is 12.4. The number of aryl methyl sites for hydroxylation is 2. The summed E-state index contributed by atoms with van der Waals surface area (Å²) in [5, 5.41) is 0. The molecule has 0 aromatic heterocycles. The van der Waals surface area contributed by atoms with Crippen molar-refractivity contribution in [1.82, 2.24) is 0 Å². The summed E-state index contributed by atoms with van der Waals surface area (Å²) in [5.74, 6) is 1.76. The van der Waals surface area contributed by atoms with Gasteiger partial charge >= 0.3 is 0 Å². The fourth-order valence-corrected chi connectivity index (χ4v) is 3.75. The van der Waals surface area contributed by atoms with E-state index in [0.29, 0.717) is 6.04 Å². The number of rotatable bonds is 5. The van der Waals surface area contributed by atoms with E-state index in [4.69, 9.17) is 10.5 Å². The smallest absolute Gasteiger partial charge is 0.119 e. The van der Waals surface area contributed by atoms with E-state index in [1.54, 1.807) is 0 Å². The average molecular weight is 273 g/mol. The van der Waals surface area contributed by atoms with Crippen molar-refractivity contribution in [1.29, 1.82) is 0 Å². The fraction of sp³-hybridized carbons (Fsp3) is 0.667. The molecule has 0 heterocycles. The van der Waals surface area contributed by atoms with Gasteiger partial charge in [0, 0.05) is 6.04 Å². The molecule has 0 bridgehead atoms. The Labute approximate surface area is 122 Å². The van der Waals surface area contributed by atoms with Crippen LogP contribution in [0.4, 0.5) is 0 Å². The molecule has 1 aromatic carbocycles. The lowest BCUT2D eigenvalue weighted by atomic mass is 9.83. The van der Waals surface area contributed by atoms with Crippen molar-refractivity contribution < 1.29 is 4.74 Å². The first kappa shape index (κ1) is 13.9. The molecule has 1 saturated carbocycles. The summed E-state index contributed by atoms with van der Waals surface area (Å²) in [7, 11) is 0. The Bertz CT molecular complexity index is 437. The van der Waals surface area contributed by atoms with Gasteiger partial charge in [0.25, 0.3) is 0 Å². The van der Waals surface area contributed by atoms with Gasteiger partial charge in [-0.3, -0.25) is 0 Å². The highest BCUT2D eigenvalue weighted by molar-refractivity contribution is 5.38. The van der Waals surface area contributed by atoms with Crippen molar-refractivity contribution in [2.24, 2.45) is 11.7 Å². The van der Waals surface area contributed by atoms with E-state index < -0.39 is 0 Å². The Morgan fingerprint density at radius 2 is 1.85 bits per heavy atom. The van der Waals surface area contributed by atoms with Crippen molar-refractivity contribution in [2.75, 3.05) is 6.61 Å². The van der Waals surface area contributed by atoms with Gasteiger partial charge in [0.2, 0.25) is 0 Å². The average Bonchev–Trinajstić information content (AvgIpc) is 2.95. The highest BCUT2D eigenvalue weighted by atomic mass is 16.5. The van der Waals surface area contributed by atoms with Crippen molar-refractivity contribution in [3.63, 3.8) is 0 Å². The molecule has 2 heteroatoms. The molecular formula is C18H27NO. The maximum Gasteiger partial charge on any atom is 0.119 e. The molecule has 0 saturated heterocycles. The standard InChI is InChI=1S/C18H27NO/c19-18(15-5-2-1-3-6-15)11-12-20-17-10-9-14-7-4-8-16(14)13-17/h9-10,13,15,18H,1-8,11-12,19H2. The number of fused-ring (bicyclic) bond motifs is 1. The first-order valence-electron chi connectivity index (χ1n) is 8.33. The highest BCUT2D eigenvalue weighted by Gasteiger charge is 2.20. The zero-order chi connectivity index (χ0) is 13.8. The van der Waals surface area contributed by atoms with Gasteiger partial charge in [-0.25, -0.2) is 0 Å². The molecule has 2 aliphatic rings. The Morgan fingerprint density at radius 3 is 2.70 bits per heavy atom. The summed E-state index contributed by atoms with van der Waals surface area (Å²) in [6, 6.07) is 6.91. The molecular weight excluding hydrogens is 246 g/mol. The monoisotopic (exact) mass is 273 g/mol. The summed E-state index contributed by atoms with van der Waals surface area (Å²) in [4.78, 5) is 0. The van der Waals surface area contributed by atoms with E-state index in [1.807, 2.05) is 0 Å².